The standard InChI is InChI=1S/C15H9F2NO3/c1-21-12-4-2-3-9-14(12)18(20)13(15(9)19)8-5-6-10(16)11(17)7-8/h2-7H,1H3. The molecule has 4 nitrogen and oxygen atoms in total. The topological polar surface area (TPSA) is 52.4 Å². The fraction of sp³-hybridized carbons (Fsp3) is 0.0667. The van der Waals surface area contributed by atoms with Crippen molar-refractivity contribution in [3.8, 4) is 5.75 Å². The van der Waals surface area contributed by atoms with Crippen LogP contribution in [-0.4, -0.2) is 23.3 Å². The van der Waals surface area contributed by atoms with E-state index >= 15 is 0 Å². The quantitative estimate of drug-likeness (QED) is 0.631. The van der Waals surface area contributed by atoms with Crippen LogP contribution < -0.4 is 4.74 Å². The van der Waals surface area contributed by atoms with Crippen molar-refractivity contribution in [2.75, 3.05) is 7.11 Å². The molecule has 0 unspecified atom stereocenters. The monoisotopic (exact) mass is 289 g/mol. The second kappa shape index (κ2) is 4.66. The lowest BCUT2D eigenvalue weighted by Crippen LogP contribution is -2.17. The summed E-state index contributed by atoms with van der Waals surface area (Å²) in [6.07, 6.45) is 0. The number of ether oxygens (including phenoxy) is 1. The van der Waals surface area contributed by atoms with Crippen molar-refractivity contribution < 1.29 is 23.1 Å². The highest BCUT2D eigenvalue weighted by molar-refractivity contribution is 6.52. The highest BCUT2D eigenvalue weighted by Gasteiger charge is 2.39. The molecule has 106 valence electrons. The summed E-state index contributed by atoms with van der Waals surface area (Å²) >= 11 is 0. The van der Waals surface area contributed by atoms with E-state index in [1.54, 1.807) is 12.1 Å². The van der Waals surface area contributed by atoms with E-state index < -0.39 is 17.4 Å². The highest BCUT2D eigenvalue weighted by atomic mass is 19.2. The maximum atomic E-state index is 13.3. The molecule has 0 saturated heterocycles. The second-order valence-corrected chi connectivity index (χ2v) is 4.46. The van der Waals surface area contributed by atoms with Crippen LogP contribution in [0.15, 0.2) is 36.4 Å². The number of hydrogen-bond acceptors (Lipinski definition) is 3. The molecule has 6 heteroatoms. The SMILES string of the molecule is COc1cccc2c1[N+]([O-])=C(c1ccc(F)c(F)c1)C2=O. The number of benzene rings is 2. The minimum atomic E-state index is -1.12. The smallest absolute Gasteiger partial charge is 0.273 e. The predicted octanol–water partition coefficient (Wildman–Crippen LogP) is 2.80. The molecule has 2 aromatic rings. The molecule has 0 N–H and O–H groups in total. The van der Waals surface area contributed by atoms with Crippen LogP contribution in [0, 0.1) is 16.8 Å². The Labute approximate surface area is 118 Å². The van der Waals surface area contributed by atoms with Crippen LogP contribution in [0.1, 0.15) is 15.9 Å². The molecular formula is C15H9F2NO3. The van der Waals surface area contributed by atoms with Crippen LogP contribution in [0.4, 0.5) is 14.5 Å². The summed E-state index contributed by atoms with van der Waals surface area (Å²) in [6, 6.07) is 7.50. The van der Waals surface area contributed by atoms with E-state index in [0.717, 1.165) is 12.1 Å². The molecule has 0 bridgehead atoms. The summed E-state index contributed by atoms with van der Waals surface area (Å²) in [5.41, 5.74) is 0.00868. The Kier molecular flexibility index (Phi) is 2.94. The number of rotatable bonds is 2. The number of methoxy groups -OCH3 is 1. The van der Waals surface area contributed by atoms with Gasteiger partial charge in [-0.05, 0) is 30.3 Å². The molecule has 1 aliphatic rings. The lowest BCUT2D eigenvalue weighted by molar-refractivity contribution is -0.356. The van der Waals surface area contributed by atoms with Gasteiger partial charge in [0.05, 0.1) is 12.7 Å². The van der Waals surface area contributed by atoms with Gasteiger partial charge in [0, 0.05) is 0 Å². The molecule has 0 aliphatic carbocycles. The van der Waals surface area contributed by atoms with E-state index in [0.29, 0.717) is 4.74 Å². The van der Waals surface area contributed by atoms with Crippen LogP contribution in [0.3, 0.4) is 0 Å². The fourth-order valence-corrected chi connectivity index (χ4v) is 2.30. The van der Waals surface area contributed by atoms with Gasteiger partial charge in [0.1, 0.15) is 5.56 Å². The van der Waals surface area contributed by atoms with Crippen LogP contribution in [0.2, 0.25) is 0 Å². The van der Waals surface area contributed by atoms with E-state index in [4.69, 9.17) is 4.74 Å². The van der Waals surface area contributed by atoms with E-state index in [2.05, 4.69) is 0 Å². The molecule has 1 aliphatic heterocycles. The summed E-state index contributed by atoms with van der Waals surface area (Å²) in [5.74, 6) is -2.47. The van der Waals surface area contributed by atoms with Crippen LogP contribution in [-0.2, 0) is 0 Å². The van der Waals surface area contributed by atoms with Gasteiger partial charge in [0.25, 0.3) is 17.2 Å². The largest absolute Gasteiger partial charge is 0.618 e. The van der Waals surface area contributed by atoms with Crippen molar-refractivity contribution >= 4 is 17.2 Å². The molecule has 3 rings (SSSR count). The number of nitrogens with zero attached hydrogens (tertiary/aromatic N) is 1. The number of carbonyl (C=O) groups excluding carboxylic acids is 1. The van der Waals surface area contributed by atoms with Gasteiger partial charge in [0.2, 0.25) is 0 Å². The fourth-order valence-electron chi connectivity index (χ4n) is 2.30. The number of para-hydroxylation sites is 1. The first kappa shape index (κ1) is 13.2. The Bertz CT molecular complexity index is 800. The number of carbonyl (C=O) groups is 1. The van der Waals surface area contributed by atoms with Crippen molar-refractivity contribution in [1.82, 2.24) is 0 Å². The number of fused-ring (bicyclic) bond motifs is 1. The van der Waals surface area contributed by atoms with Crippen molar-refractivity contribution in [3.05, 3.63) is 64.4 Å². The lowest BCUT2D eigenvalue weighted by atomic mass is 10.0. The van der Waals surface area contributed by atoms with E-state index in [9.17, 15) is 18.8 Å². The van der Waals surface area contributed by atoms with Crippen molar-refractivity contribution in [1.29, 1.82) is 0 Å². The summed E-state index contributed by atoms with van der Waals surface area (Å²) in [7, 11) is 1.38. The molecule has 1 heterocycles. The summed E-state index contributed by atoms with van der Waals surface area (Å²) in [5, 5.41) is 12.3. The number of halogens is 2. The van der Waals surface area contributed by atoms with Crippen molar-refractivity contribution in [2.45, 2.75) is 0 Å². The number of hydrogen-bond donors (Lipinski definition) is 0. The molecule has 0 radical (unpaired) electrons. The van der Waals surface area contributed by atoms with Gasteiger partial charge in [-0.2, -0.15) is 4.74 Å². The Morgan fingerprint density at radius 2 is 1.90 bits per heavy atom. The van der Waals surface area contributed by atoms with Gasteiger partial charge in [-0.1, -0.05) is 6.07 Å². The van der Waals surface area contributed by atoms with Gasteiger partial charge in [-0.3, -0.25) is 4.79 Å². The molecule has 0 saturated carbocycles. The normalized spacial score (nSPS) is 13.6. The van der Waals surface area contributed by atoms with Gasteiger partial charge < -0.3 is 9.94 Å². The maximum absolute atomic E-state index is 13.3. The average molecular weight is 289 g/mol. The predicted molar refractivity (Wildman–Crippen MR) is 71.1 cm³/mol. The Hall–Kier alpha value is -2.76. The maximum Gasteiger partial charge on any atom is 0.273 e. The molecule has 0 spiro atoms. The molecule has 0 amide bonds. The van der Waals surface area contributed by atoms with E-state index in [1.807, 2.05) is 0 Å². The first-order chi connectivity index (χ1) is 10.0. The zero-order valence-corrected chi connectivity index (χ0v) is 10.9. The van der Waals surface area contributed by atoms with E-state index in [-0.39, 0.29) is 28.3 Å². The minimum Gasteiger partial charge on any atom is -0.618 e. The third-order valence-electron chi connectivity index (χ3n) is 3.28. The third kappa shape index (κ3) is 1.87. The molecular weight excluding hydrogens is 280 g/mol. The van der Waals surface area contributed by atoms with Crippen LogP contribution >= 0.6 is 0 Å². The third-order valence-corrected chi connectivity index (χ3v) is 3.28. The molecule has 0 atom stereocenters. The van der Waals surface area contributed by atoms with Crippen molar-refractivity contribution in [3.63, 3.8) is 0 Å². The first-order valence-electron chi connectivity index (χ1n) is 6.06. The highest BCUT2D eigenvalue weighted by Crippen LogP contribution is 2.36. The Balaban J connectivity index is 2.22. The van der Waals surface area contributed by atoms with Crippen LogP contribution in [0.5, 0.6) is 5.75 Å². The summed E-state index contributed by atoms with van der Waals surface area (Å²) in [4.78, 5) is 12.3. The molecule has 2 aromatic carbocycles. The minimum absolute atomic E-state index is 0.0205. The Morgan fingerprint density at radius 3 is 2.57 bits per heavy atom. The molecule has 21 heavy (non-hydrogen) atoms. The van der Waals surface area contributed by atoms with E-state index in [1.165, 1.54) is 19.2 Å². The average Bonchev–Trinajstić information content (AvgIpc) is 2.74. The lowest BCUT2D eigenvalue weighted by Gasteiger charge is -2.06. The zero-order valence-electron chi connectivity index (χ0n) is 10.9. The number of ketones is 1. The second-order valence-electron chi connectivity index (χ2n) is 4.46. The Morgan fingerprint density at radius 1 is 1.14 bits per heavy atom. The van der Waals surface area contributed by atoms with Gasteiger partial charge in [-0.15, -0.1) is 0 Å². The van der Waals surface area contributed by atoms with Gasteiger partial charge in [0.15, 0.2) is 17.4 Å². The van der Waals surface area contributed by atoms with Gasteiger partial charge >= 0.3 is 0 Å². The summed E-state index contributed by atoms with van der Waals surface area (Å²) < 4.78 is 31.8. The number of Topliss-reactive ketones (excluding diaryl/α,β-unsaturated/α-hetero) is 1. The van der Waals surface area contributed by atoms with Crippen molar-refractivity contribution in [2.24, 2.45) is 0 Å². The van der Waals surface area contributed by atoms with Crippen LogP contribution in [0.25, 0.3) is 0 Å². The molecule has 0 aromatic heterocycles. The van der Waals surface area contributed by atoms with Gasteiger partial charge in [-0.25, -0.2) is 8.78 Å². The first-order valence-corrected chi connectivity index (χ1v) is 6.06. The molecule has 0 fully saturated rings. The summed E-state index contributed by atoms with van der Waals surface area (Å²) in [6.45, 7) is 0. The zero-order chi connectivity index (χ0) is 15.1.